The van der Waals surface area contributed by atoms with E-state index in [9.17, 15) is 9.90 Å². The zero-order valence-corrected chi connectivity index (χ0v) is 16.6. The number of likely N-dealkylation sites (N-methyl/N-ethyl adjacent to an activating group) is 1. The third kappa shape index (κ3) is 1.37. The molecular formula is C22H26N2O4. The molecule has 5 aliphatic rings. The van der Waals surface area contributed by atoms with Crippen molar-refractivity contribution >= 4 is 11.7 Å². The van der Waals surface area contributed by atoms with E-state index in [0.717, 1.165) is 37.2 Å². The fraction of sp³-hybridized carbons (Fsp3) is 0.591. The minimum Gasteiger partial charge on any atom is -0.508 e. The summed E-state index contributed by atoms with van der Waals surface area (Å²) in [6.07, 6.45) is 3.92. The van der Waals surface area contributed by atoms with E-state index < -0.39 is 16.6 Å². The quantitative estimate of drug-likeness (QED) is 0.592. The predicted molar refractivity (Wildman–Crippen MR) is 103 cm³/mol. The van der Waals surface area contributed by atoms with E-state index in [1.807, 2.05) is 12.1 Å². The highest BCUT2D eigenvalue weighted by Crippen LogP contribution is 2.76. The van der Waals surface area contributed by atoms with Crippen LogP contribution >= 0.6 is 0 Å². The number of benzene rings is 1. The largest absolute Gasteiger partial charge is 0.508 e. The monoisotopic (exact) mass is 382 g/mol. The second kappa shape index (κ2) is 4.92. The van der Waals surface area contributed by atoms with Crippen LogP contribution in [0.25, 0.3) is 0 Å². The minimum atomic E-state index is -0.764. The number of nitrogens with zero attached hydrogens (tertiary/aromatic N) is 2. The summed E-state index contributed by atoms with van der Waals surface area (Å²) >= 11 is 0. The number of hydrogen-bond donors (Lipinski definition) is 1. The average Bonchev–Trinajstić information content (AvgIpc) is 3.08. The van der Waals surface area contributed by atoms with Gasteiger partial charge in [0.15, 0.2) is 5.72 Å². The SMILES string of the molecule is CC=C1CN2CC[C@@]34c5cc(O)ccc5N(C)[C@@]35OC[C@@]4(C(=O)OC)[C@H]1C[C@H]25. The molecule has 4 fully saturated rings. The third-order valence-corrected chi connectivity index (χ3v) is 8.67. The Morgan fingerprint density at radius 2 is 2.25 bits per heavy atom. The minimum absolute atomic E-state index is 0.101. The van der Waals surface area contributed by atoms with Crippen LogP contribution < -0.4 is 4.90 Å². The molecule has 6 rings (SSSR count). The number of carbonyl (C=O) groups excluding carboxylic acids is 1. The Balaban J connectivity index is 1.75. The third-order valence-electron chi connectivity index (χ3n) is 8.67. The number of rotatable bonds is 1. The van der Waals surface area contributed by atoms with Gasteiger partial charge in [-0.25, -0.2) is 0 Å². The summed E-state index contributed by atoms with van der Waals surface area (Å²) in [5.41, 5.74) is 1.54. The molecule has 0 unspecified atom stereocenters. The molecule has 5 bridgehead atoms. The summed E-state index contributed by atoms with van der Waals surface area (Å²) in [4.78, 5) is 18.4. The van der Waals surface area contributed by atoms with Crippen molar-refractivity contribution in [2.24, 2.45) is 11.3 Å². The summed E-state index contributed by atoms with van der Waals surface area (Å²) in [6, 6.07) is 5.79. The van der Waals surface area contributed by atoms with Crippen LogP contribution in [0.2, 0.25) is 0 Å². The molecule has 1 N–H and O–H groups in total. The van der Waals surface area contributed by atoms with E-state index in [1.54, 1.807) is 6.07 Å². The topological polar surface area (TPSA) is 62.2 Å². The maximum Gasteiger partial charge on any atom is 0.315 e. The van der Waals surface area contributed by atoms with E-state index >= 15 is 0 Å². The van der Waals surface area contributed by atoms with Gasteiger partial charge in [-0.05, 0) is 43.5 Å². The van der Waals surface area contributed by atoms with Gasteiger partial charge in [-0.1, -0.05) is 11.6 Å². The summed E-state index contributed by atoms with van der Waals surface area (Å²) in [6.45, 7) is 4.25. The number of piperidine rings is 2. The zero-order valence-electron chi connectivity index (χ0n) is 16.6. The Hall–Kier alpha value is -2.05. The molecule has 28 heavy (non-hydrogen) atoms. The molecule has 6 heteroatoms. The van der Waals surface area contributed by atoms with Gasteiger partial charge >= 0.3 is 5.97 Å². The van der Waals surface area contributed by atoms with Crippen molar-refractivity contribution in [3.8, 4) is 5.75 Å². The number of phenols is 1. The first-order chi connectivity index (χ1) is 13.5. The predicted octanol–water partition coefficient (Wildman–Crippen LogP) is 2.02. The Labute approximate surface area is 164 Å². The number of fused-ring (bicyclic) bond motifs is 3. The summed E-state index contributed by atoms with van der Waals surface area (Å²) in [5, 5.41) is 10.4. The number of methoxy groups -OCH3 is 1. The number of anilines is 1. The Morgan fingerprint density at radius 3 is 3.00 bits per heavy atom. The lowest BCUT2D eigenvalue weighted by molar-refractivity contribution is -0.184. The normalized spacial score (nSPS) is 44.0. The smallest absolute Gasteiger partial charge is 0.315 e. The molecule has 0 amide bonds. The number of hydrogen-bond acceptors (Lipinski definition) is 6. The van der Waals surface area contributed by atoms with Gasteiger partial charge < -0.3 is 19.5 Å². The van der Waals surface area contributed by atoms with E-state index in [-0.39, 0.29) is 23.7 Å². The first-order valence-electron chi connectivity index (χ1n) is 10.2. The first-order valence-corrected chi connectivity index (χ1v) is 10.2. The van der Waals surface area contributed by atoms with Crippen LogP contribution in [0.1, 0.15) is 25.3 Å². The lowest BCUT2D eigenvalue weighted by Gasteiger charge is -2.66. The van der Waals surface area contributed by atoms with Crippen LogP contribution in [0, 0.1) is 11.3 Å². The van der Waals surface area contributed by atoms with Crippen LogP contribution in [0.15, 0.2) is 29.8 Å². The molecule has 0 spiro atoms. The number of ether oxygens (including phenoxy) is 2. The molecule has 1 aliphatic carbocycles. The average molecular weight is 382 g/mol. The molecule has 148 valence electrons. The fourth-order valence-electron chi connectivity index (χ4n) is 7.78. The molecule has 1 saturated carbocycles. The van der Waals surface area contributed by atoms with Crippen LogP contribution in [0.4, 0.5) is 5.69 Å². The Bertz CT molecular complexity index is 944. The van der Waals surface area contributed by atoms with Crippen molar-refractivity contribution in [1.82, 2.24) is 4.90 Å². The van der Waals surface area contributed by atoms with Crippen molar-refractivity contribution < 1.29 is 19.4 Å². The maximum atomic E-state index is 13.6. The van der Waals surface area contributed by atoms with Crippen LogP contribution in [-0.4, -0.2) is 61.6 Å². The van der Waals surface area contributed by atoms with Crippen LogP contribution in [0.5, 0.6) is 5.75 Å². The highest BCUT2D eigenvalue weighted by Gasteiger charge is 2.86. The molecule has 5 atom stereocenters. The van der Waals surface area contributed by atoms with E-state index in [2.05, 4.69) is 29.8 Å². The lowest BCUT2D eigenvalue weighted by atomic mass is 9.43. The lowest BCUT2D eigenvalue weighted by Crippen LogP contribution is -2.80. The van der Waals surface area contributed by atoms with Gasteiger partial charge in [0, 0.05) is 31.7 Å². The van der Waals surface area contributed by atoms with Crippen molar-refractivity contribution in [3.63, 3.8) is 0 Å². The van der Waals surface area contributed by atoms with Gasteiger partial charge in [0.2, 0.25) is 0 Å². The van der Waals surface area contributed by atoms with Gasteiger partial charge in [-0.15, -0.1) is 0 Å². The van der Waals surface area contributed by atoms with Gasteiger partial charge in [-0.3, -0.25) is 9.69 Å². The molecule has 6 nitrogen and oxygen atoms in total. The van der Waals surface area contributed by atoms with Crippen molar-refractivity contribution in [2.75, 3.05) is 38.8 Å². The van der Waals surface area contributed by atoms with E-state index in [4.69, 9.17) is 9.47 Å². The number of carbonyl (C=O) groups is 1. The van der Waals surface area contributed by atoms with Gasteiger partial charge in [0.05, 0.1) is 25.2 Å². The molecule has 4 aliphatic heterocycles. The summed E-state index contributed by atoms with van der Waals surface area (Å²) < 4.78 is 12.2. The number of allylic oxidation sites excluding steroid dienone is 1. The molecule has 0 radical (unpaired) electrons. The highest BCUT2D eigenvalue weighted by molar-refractivity contribution is 5.86. The van der Waals surface area contributed by atoms with Crippen molar-refractivity contribution in [2.45, 2.75) is 36.9 Å². The summed E-state index contributed by atoms with van der Waals surface area (Å²) in [7, 11) is 3.58. The van der Waals surface area contributed by atoms with Crippen molar-refractivity contribution in [1.29, 1.82) is 0 Å². The molecule has 4 heterocycles. The Morgan fingerprint density at radius 1 is 1.43 bits per heavy atom. The van der Waals surface area contributed by atoms with Crippen molar-refractivity contribution in [3.05, 3.63) is 35.4 Å². The van der Waals surface area contributed by atoms with Crippen LogP contribution in [-0.2, 0) is 19.7 Å². The second-order valence-electron chi connectivity index (χ2n) is 9.00. The molecule has 3 saturated heterocycles. The highest BCUT2D eigenvalue weighted by atomic mass is 16.6. The first kappa shape index (κ1) is 16.9. The Kier molecular flexibility index (Phi) is 2.96. The fourth-order valence-corrected chi connectivity index (χ4v) is 7.78. The molecular weight excluding hydrogens is 356 g/mol. The second-order valence-corrected chi connectivity index (χ2v) is 9.00. The van der Waals surface area contributed by atoms with Gasteiger partial charge in [0.25, 0.3) is 0 Å². The standard InChI is InChI=1S/C22H26N2O4/c1-4-13-11-24-8-7-21-16-9-14(25)5-6-17(16)23(2)22(21)18(24)10-15(13)20(21,12-28-22)19(26)27-3/h4-6,9,15,18,25H,7-8,10-12H2,1-3H3/t15-,18-,20-,21-,22-/m0/s1. The maximum absolute atomic E-state index is 13.6. The number of aromatic hydroxyl groups is 1. The summed E-state index contributed by atoms with van der Waals surface area (Å²) in [5.74, 6) is 0.170. The molecule has 1 aromatic carbocycles. The zero-order chi connectivity index (χ0) is 19.5. The number of phenolic OH excluding ortho intramolecular Hbond substituents is 1. The molecule has 0 aromatic heterocycles. The van der Waals surface area contributed by atoms with E-state index in [0.29, 0.717) is 6.61 Å². The van der Waals surface area contributed by atoms with Crippen LogP contribution in [0.3, 0.4) is 0 Å². The van der Waals surface area contributed by atoms with Gasteiger partial charge in [0.1, 0.15) is 11.2 Å². The number of esters is 1. The molecule has 1 aromatic rings. The van der Waals surface area contributed by atoms with Gasteiger partial charge in [-0.2, -0.15) is 0 Å². The van der Waals surface area contributed by atoms with E-state index in [1.165, 1.54) is 12.7 Å².